The fourth-order valence-electron chi connectivity index (χ4n) is 3.48. The van der Waals surface area contributed by atoms with Gasteiger partial charge in [0.1, 0.15) is 0 Å². The third-order valence-electron chi connectivity index (χ3n) is 4.44. The normalized spacial score (nSPS) is 11.9. The minimum atomic E-state index is 0.294. The van der Waals surface area contributed by atoms with Gasteiger partial charge in [-0.2, -0.15) is 0 Å². The Hall–Kier alpha value is -2.15. The van der Waals surface area contributed by atoms with Gasteiger partial charge in [-0.3, -0.25) is 4.98 Å². The van der Waals surface area contributed by atoms with Crippen molar-refractivity contribution in [2.24, 2.45) is 5.41 Å². The van der Waals surface area contributed by atoms with Crippen molar-refractivity contribution in [3.8, 4) is 11.3 Å². The summed E-state index contributed by atoms with van der Waals surface area (Å²) in [5.41, 5.74) is 7.95. The molecule has 0 unspecified atom stereocenters. The van der Waals surface area contributed by atoms with Gasteiger partial charge in [0, 0.05) is 17.1 Å². The highest BCUT2D eigenvalue weighted by Crippen LogP contribution is 2.32. The monoisotopic (exact) mass is 317 g/mol. The van der Waals surface area contributed by atoms with Gasteiger partial charge < -0.3 is 0 Å². The SMILES string of the molecule is Cc1cc(C)cc(-c2nccc3cc(CC(C)(C)C)c(C)cc23)c1. The summed E-state index contributed by atoms with van der Waals surface area (Å²) in [6, 6.07) is 13.5. The summed E-state index contributed by atoms with van der Waals surface area (Å²) in [6.07, 6.45) is 3.03. The molecule has 0 saturated heterocycles. The summed E-state index contributed by atoms with van der Waals surface area (Å²) in [7, 11) is 0. The van der Waals surface area contributed by atoms with Gasteiger partial charge in [0.15, 0.2) is 0 Å². The standard InChI is InChI=1S/C23H27N/c1-15-9-16(2)11-19(10-15)22-21-12-17(3)20(14-23(4,5)6)13-18(21)7-8-24-22/h7-13H,14H2,1-6H3. The number of benzene rings is 2. The van der Waals surface area contributed by atoms with Crippen LogP contribution in [-0.4, -0.2) is 4.98 Å². The van der Waals surface area contributed by atoms with E-state index in [9.17, 15) is 0 Å². The molecule has 2 aromatic carbocycles. The van der Waals surface area contributed by atoms with E-state index >= 15 is 0 Å². The van der Waals surface area contributed by atoms with Gasteiger partial charge in [0.05, 0.1) is 5.69 Å². The van der Waals surface area contributed by atoms with Crippen molar-refractivity contribution < 1.29 is 0 Å². The quantitative estimate of drug-likeness (QED) is 0.531. The summed E-state index contributed by atoms with van der Waals surface area (Å²) in [6.45, 7) is 13.4. The highest BCUT2D eigenvalue weighted by atomic mass is 14.7. The molecule has 0 aliphatic rings. The van der Waals surface area contributed by atoms with Crippen molar-refractivity contribution in [1.29, 1.82) is 0 Å². The number of hydrogen-bond donors (Lipinski definition) is 0. The van der Waals surface area contributed by atoms with Gasteiger partial charge in [-0.05, 0) is 73.4 Å². The summed E-state index contributed by atoms with van der Waals surface area (Å²) in [5.74, 6) is 0. The van der Waals surface area contributed by atoms with Gasteiger partial charge in [0.2, 0.25) is 0 Å². The molecule has 1 heterocycles. The molecule has 1 aromatic heterocycles. The number of pyridine rings is 1. The highest BCUT2D eigenvalue weighted by Gasteiger charge is 2.15. The predicted molar refractivity (Wildman–Crippen MR) is 105 cm³/mol. The van der Waals surface area contributed by atoms with E-state index in [1.54, 1.807) is 0 Å². The topological polar surface area (TPSA) is 12.9 Å². The summed E-state index contributed by atoms with van der Waals surface area (Å²) < 4.78 is 0. The van der Waals surface area contributed by atoms with Gasteiger partial charge in [0.25, 0.3) is 0 Å². The smallest absolute Gasteiger partial charge is 0.0780 e. The Morgan fingerprint density at radius 1 is 0.875 bits per heavy atom. The van der Waals surface area contributed by atoms with E-state index in [2.05, 4.69) is 77.9 Å². The lowest BCUT2D eigenvalue weighted by Gasteiger charge is -2.20. The lowest BCUT2D eigenvalue weighted by atomic mass is 9.85. The number of fused-ring (bicyclic) bond motifs is 1. The van der Waals surface area contributed by atoms with Crippen molar-refractivity contribution in [2.45, 2.75) is 48.0 Å². The van der Waals surface area contributed by atoms with E-state index in [4.69, 9.17) is 4.98 Å². The number of rotatable bonds is 2. The van der Waals surface area contributed by atoms with Crippen molar-refractivity contribution >= 4 is 10.8 Å². The van der Waals surface area contributed by atoms with Crippen LogP contribution in [0.3, 0.4) is 0 Å². The van der Waals surface area contributed by atoms with E-state index in [1.165, 1.54) is 38.6 Å². The number of nitrogens with zero attached hydrogens (tertiary/aromatic N) is 1. The lowest BCUT2D eigenvalue weighted by Crippen LogP contribution is -2.10. The molecule has 0 bridgehead atoms. The van der Waals surface area contributed by atoms with E-state index in [-0.39, 0.29) is 0 Å². The van der Waals surface area contributed by atoms with Gasteiger partial charge in [-0.1, -0.05) is 44.0 Å². The fourth-order valence-corrected chi connectivity index (χ4v) is 3.48. The Balaban J connectivity index is 2.19. The average Bonchev–Trinajstić information content (AvgIpc) is 2.45. The summed E-state index contributed by atoms with van der Waals surface area (Å²) in [5, 5.41) is 2.53. The summed E-state index contributed by atoms with van der Waals surface area (Å²) in [4.78, 5) is 4.70. The molecule has 0 aliphatic carbocycles. The van der Waals surface area contributed by atoms with E-state index in [1.807, 2.05) is 6.20 Å². The molecular formula is C23H27N. The Bertz CT molecular complexity index is 878. The molecule has 124 valence electrons. The second kappa shape index (κ2) is 6.05. The van der Waals surface area contributed by atoms with E-state index in [0.29, 0.717) is 5.41 Å². The minimum absolute atomic E-state index is 0.294. The molecule has 0 spiro atoms. The molecule has 0 fully saturated rings. The van der Waals surface area contributed by atoms with Crippen LogP contribution in [0.2, 0.25) is 0 Å². The zero-order chi connectivity index (χ0) is 17.5. The third kappa shape index (κ3) is 3.51. The number of aromatic nitrogens is 1. The molecule has 0 aliphatic heterocycles. The van der Waals surface area contributed by atoms with E-state index in [0.717, 1.165) is 12.1 Å². The first-order valence-electron chi connectivity index (χ1n) is 8.70. The molecule has 0 N–H and O–H groups in total. The van der Waals surface area contributed by atoms with Crippen molar-refractivity contribution in [3.63, 3.8) is 0 Å². The maximum atomic E-state index is 4.70. The molecule has 3 rings (SSSR count). The van der Waals surface area contributed by atoms with Gasteiger partial charge >= 0.3 is 0 Å². The van der Waals surface area contributed by atoms with Crippen LogP contribution in [0.4, 0.5) is 0 Å². The zero-order valence-corrected chi connectivity index (χ0v) is 15.7. The van der Waals surface area contributed by atoms with Crippen LogP contribution in [0.5, 0.6) is 0 Å². The van der Waals surface area contributed by atoms with E-state index < -0.39 is 0 Å². The molecule has 24 heavy (non-hydrogen) atoms. The Kier molecular flexibility index (Phi) is 4.21. The zero-order valence-electron chi connectivity index (χ0n) is 15.7. The van der Waals surface area contributed by atoms with Crippen LogP contribution in [0.1, 0.15) is 43.0 Å². The third-order valence-corrected chi connectivity index (χ3v) is 4.44. The molecule has 0 amide bonds. The van der Waals surface area contributed by atoms with Crippen molar-refractivity contribution in [2.75, 3.05) is 0 Å². The fraction of sp³-hybridized carbons (Fsp3) is 0.348. The largest absolute Gasteiger partial charge is 0.256 e. The van der Waals surface area contributed by atoms with Crippen molar-refractivity contribution in [1.82, 2.24) is 4.98 Å². The Morgan fingerprint density at radius 3 is 2.17 bits per heavy atom. The van der Waals surface area contributed by atoms with Crippen molar-refractivity contribution in [3.05, 3.63) is 64.8 Å². The molecule has 1 heteroatoms. The molecule has 1 nitrogen and oxygen atoms in total. The van der Waals surface area contributed by atoms with Crippen LogP contribution >= 0.6 is 0 Å². The first-order valence-corrected chi connectivity index (χ1v) is 8.70. The Labute approximate surface area is 145 Å². The van der Waals surface area contributed by atoms with Crippen LogP contribution in [-0.2, 0) is 6.42 Å². The van der Waals surface area contributed by atoms with Crippen LogP contribution < -0.4 is 0 Å². The first kappa shape index (κ1) is 16.7. The second-order valence-electron chi connectivity index (χ2n) is 8.27. The number of hydrogen-bond acceptors (Lipinski definition) is 1. The molecule has 0 radical (unpaired) electrons. The van der Waals surface area contributed by atoms with Gasteiger partial charge in [-0.15, -0.1) is 0 Å². The first-order chi connectivity index (χ1) is 11.2. The average molecular weight is 317 g/mol. The molecule has 3 aromatic rings. The van der Waals surface area contributed by atoms with Crippen LogP contribution in [0.15, 0.2) is 42.6 Å². The molecular weight excluding hydrogens is 290 g/mol. The van der Waals surface area contributed by atoms with Crippen LogP contribution in [0, 0.1) is 26.2 Å². The van der Waals surface area contributed by atoms with Gasteiger partial charge in [-0.25, -0.2) is 0 Å². The minimum Gasteiger partial charge on any atom is -0.256 e. The second-order valence-corrected chi connectivity index (χ2v) is 8.27. The number of aryl methyl sites for hydroxylation is 3. The van der Waals surface area contributed by atoms with Crippen LogP contribution in [0.25, 0.3) is 22.0 Å². The summed E-state index contributed by atoms with van der Waals surface area (Å²) >= 11 is 0. The lowest BCUT2D eigenvalue weighted by molar-refractivity contribution is 0.410. The maximum Gasteiger partial charge on any atom is 0.0780 e. The highest BCUT2D eigenvalue weighted by molar-refractivity contribution is 5.95. The Morgan fingerprint density at radius 2 is 1.54 bits per heavy atom. The maximum absolute atomic E-state index is 4.70. The predicted octanol–water partition coefficient (Wildman–Crippen LogP) is 6.42. The molecule has 0 saturated carbocycles. The molecule has 0 atom stereocenters.